The normalized spacial score (nSPS) is 17.6. The smallest absolute Gasteiger partial charge is 0.295 e. The van der Waals surface area contributed by atoms with Crippen molar-refractivity contribution in [3.8, 4) is 11.5 Å². The summed E-state index contributed by atoms with van der Waals surface area (Å²) in [6, 6.07) is 13.6. The van der Waals surface area contributed by atoms with Gasteiger partial charge in [0.2, 0.25) is 0 Å². The highest BCUT2D eigenvalue weighted by Crippen LogP contribution is 2.40. The fraction of sp³-hybridized carbons (Fsp3) is 0.407. The Kier molecular flexibility index (Phi) is 8.15. The first kappa shape index (κ1) is 24.4. The standard InChI is InChI=1S/C27H33NO5/c1-5-7-16-28-24(19-8-14-22(15-9-19)33-18(3)4)23(26(30)27(28)31)25(29)20-10-12-21(13-11-20)32-17-6-2/h8-15,18,24,29H,5-7,16-17H2,1-4H3/b25-23-. The molecule has 0 bridgehead atoms. The predicted octanol–water partition coefficient (Wildman–Crippen LogP) is 5.48. The van der Waals surface area contributed by atoms with Gasteiger partial charge in [0.1, 0.15) is 17.3 Å². The van der Waals surface area contributed by atoms with Crippen molar-refractivity contribution in [1.82, 2.24) is 4.90 Å². The van der Waals surface area contributed by atoms with E-state index < -0.39 is 17.7 Å². The fourth-order valence-electron chi connectivity index (χ4n) is 3.87. The summed E-state index contributed by atoms with van der Waals surface area (Å²) in [6.45, 7) is 9.00. The van der Waals surface area contributed by atoms with Gasteiger partial charge >= 0.3 is 0 Å². The molecule has 3 rings (SSSR count). The Labute approximate surface area is 195 Å². The van der Waals surface area contributed by atoms with Gasteiger partial charge in [-0.25, -0.2) is 0 Å². The number of hydrogen-bond acceptors (Lipinski definition) is 5. The predicted molar refractivity (Wildman–Crippen MR) is 128 cm³/mol. The summed E-state index contributed by atoms with van der Waals surface area (Å²) >= 11 is 0. The van der Waals surface area contributed by atoms with Gasteiger partial charge in [-0.05, 0) is 68.7 Å². The molecule has 0 aliphatic carbocycles. The van der Waals surface area contributed by atoms with Crippen LogP contribution in [0.4, 0.5) is 0 Å². The van der Waals surface area contributed by atoms with Crippen molar-refractivity contribution in [2.24, 2.45) is 0 Å². The Bertz CT molecular complexity index is 992. The lowest BCUT2D eigenvalue weighted by Gasteiger charge is -2.25. The topological polar surface area (TPSA) is 76.1 Å². The number of nitrogens with zero attached hydrogens (tertiary/aromatic N) is 1. The summed E-state index contributed by atoms with van der Waals surface area (Å²) in [5, 5.41) is 11.1. The molecule has 1 atom stereocenters. The van der Waals surface area contributed by atoms with E-state index in [9.17, 15) is 14.7 Å². The highest BCUT2D eigenvalue weighted by atomic mass is 16.5. The number of Topliss-reactive ketones (excluding diaryl/α,β-unsaturated/α-hetero) is 1. The highest BCUT2D eigenvalue weighted by Gasteiger charge is 2.45. The van der Waals surface area contributed by atoms with Crippen LogP contribution < -0.4 is 9.47 Å². The Balaban J connectivity index is 2.02. The highest BCUT2D eigenvalue weighted by molar-refractivity contribution is 6.46. The zero-order chi connectivity index (χ0) is 24.0. The summed E-state index contributed by atoms with van der Waals surface area (Å²) in [4.78, 5) is 27.5. The van der Waals surface area contributed by atoms with Gasteiger partial charge in [-0.1, -0.05) is 32.4 Å². The lowest BCUT2D eigenvalue weighted by Crippen LogP contribution is -2.30. The lowest BCUT2D eigenvalue weighted by atomic mass is 9.95. The van der Waals surface area contributed by atoms with Crippen LogP contribution >= 0.6 is 0 Å². The van der Waals surface area contributed by atoms with Crippen LogP contribution in [0.25, 0.3) is 5.76 Å². The van der Waals surface area contributed by atoms with E-state index in [4.69, 9.17) is 9.47 Å². The van der Waals surface area contributed by atoms with Crippen LogP contribution in [0.3, 0.4) is 0 Å². The number of aliphatic hydroxyl groups is 1. The SMILES string of the molecule is CCCCN1C(=O)C(=O)/C(=C(\O)c2ccc(OCCC)cc2)C1c1ccc(OC(C)C)cc1. The van der Waals surface area contributed by atoms with Gasteiger partial charge in [0.15, 0.2) is 0 Å². The first-order valence-corrected chi connectivity index (χ1v) is 11.7. The molecule has 0 aromatic heterocycles. The van der Waals surface area contributed by atoms with Crippen molar-refractivity contribution in [3.05, 3.63) is 65.2 Å². The van der Waals surface area contributed by atoms with Gasteiger partial charge in [-0.2, -0.15) is 0 Å². The zero-order valence-corrected chi connectivity index (χ0v) is 19.8. The van der Waals surface area contributed by atoms with Crippen molar-refractivity contribution >= 4 is 17.4 Å². The third kappa shape index (κ3) is 5.56. The number of amides is 1. The molecule has 1 amide bonds. The van der Waals surface area contributed by atoms with E-state index in [0.717, 1.165) is 24.8 Å². The maximum Gasteiger partial charge on any atom is 0.295 e. The molecule has 0 saturated carbocycles. The number of likely N-dealkylation sites (tertiary alicyclic amines) is 1. The van der Waals surface area contributed by atoms with Crippen LogP contribution in [-0.4, -0.2) is 41.0 Å². The third-order valence-electron chi connectivity index (χ3n) is 5.46. The molecule has 2 aromatic rings. The van der Waals surface area contributed by atoms with Gasteiger partial charge in [0.25, 0.3) is 11.7 Å². The number of carbonyl (C=O) groups excluding carboxylic acids is 2. The van der Waals surface area contributed by atoms with E-state index in [0.29, 0.717) is 30.2 Å². The molecule has 1 saturated heterocycles. The van der Waals surface area contributed by atoms with Crippen LogP contribution in [0.15, 0.2) is 54.1 Å². The quantitative estimate of drug-likeness (QED) is 0.294. The molecule has 2 aromatic carbocycles. The molecule has 1 aliphatic heterocycles. The number of rotatable bonds is 10. The maximum atomic E-state index is 13.0. The van der Waals surface area contributed by atoms with Crippen molar-refractivity contribution in [2.75, 3.05) is 13.2 Å². The molecular weight excluding hydrogens is 418 g/mol. The summed E-state index contributed by atoms with van der Waals surface area (Å²) in [5.41, 5.74) is 1.33. The molecule has 1 N–H and O–H groups in total. The molecule has 0 radical (unpaired) electrons. The van der Waals surface area contributed by atoms with Crippen molar-refractivity contribution in [3.63, 3.8) is 0 Å². The van der Waals surface area contributed by atoms with Crippen LogP contribution in [0.1, 0.15) is 64.1 Å². The van der Waals surface area contributed by atoms with Gasteiger partial charge < -0.3 is 19.5 Å². The van der Waals surface area contributed by atoms with E-state index in [1.54, 1.807) is 29.2 Å². The van der Waals surface area contributed by atoms with Gasteiger partial charge in [-0.15, -0.1) is 0 Å². The molecule has 33 heavy (non-hydrogen) atoms. The average molecular weight is 452 g/mol. The Morgan fingerprint density at radius 3 is 2.18 bits per heavy atom. The number of ketones is 1. The Hall–Kier alpha value is -3.28. The molecule has 6 nitrogen and oxygen atoms in total. The second-order valence-electron chi connectivity index (χ2n) is 8.45. The number of hydrogen-bond donors (Lipinski definition) is 1. The first-order chi connectivity index (χ1) is 15.9. The molecule has 1 heterocycles. The summed E-state index contributed by atoms with van der Waals surface area (Å²) in [6.07, 6.45) is 2.58. The van der Waals surface area contributed by atoms with E-state index in [1.807, 2.05) is 52.0 Å². The van der Waals surface area contributed by atoms with Gasteiger partial charge in [0, 0.05) is 12.1 Å². The Morgan fingerprint density at radius 1 is 0.970 bits per heavy atom. The molecule has 1 fully saturated rings. The minimum absolute atomic E-state index is 0.0373. The van der Waals surface area contributed by atoms with Crippen molar-refractivity contribution < 1.29 is 24.2 Å². The molecule has 1 unspecified atom stereocenters. The van der Waals surface area contributed by atoms with Crippen molar-refractivity contribution in [2.45, 2.75) is 59.1 Å². The van der Waals surface area contributed by atoms with Gasteiger partial charge in [-0.3, -0.25) is 9.59 Å². The summed E-state index contributed by atoms with van der Waals surface area (Å²) in [7, 11) is 0. The van der Waals surface area contributed by atoms with E-state index in [2.05, 4.69) is 0 Å². The largest absolute Gasteiger partial charge is 0.507 e. The van der Waals surface area contributed by atoms with Crippen molar-refractivity contribution in [1.29, 1.82) is 0 Å². The lowest BCUT2D eigenvalue weighted by molar-refractivity contribution is -0.139. The van der Waals surface area contributed by atoms with Crippen LogP contribution in [0.5, 0.6) is 11.5 Å². The van der Waals surface area contributed by atoms with Crippen LogP contribution in [0.2, 0.25) is 0 Å². The number of ether oxygens (including phenoxy) is 2. The van der Waals surface area contributed by atoms with Gasteiger partial charge in [0.05, 0.1) is 24.3 Å². The number of unbranched alkanes of at least 4 members (excludes halogenated alkanes) is 1. The minimum atomic E-state index is -0.664. The summed E-state index contributed by atoms with van der Waals surface area (Å²) in [5.74, 6) is -0.0271. The molecular formula is C27H33NO5. The maximum absolute atomic E-state index is 13.0. The fourth-order valence-corrected chi connectivity index (χ4v) is 3.87. The number of carbonyl (C=O) groups is 2. The van der Waals surface area contributed by atoms with Crippen LogP contribution in [-0.2, 0) is 9.59 Å². The van der Waals surface area contributed by atoms with E-state index >= 15 is 0 Å². The second-order valence-corrected chi connectivity index (χ2v) is 8.45. The summed E-state index contributed by atoms with van der Waals surface area (Å²) < 4.78 is 11.3. The van der Waals surface area contributed by atoms with Crippen LogP contribution in [0, 0.1) is 0 Å². The number of benzene rings is 2. The van der Waals surface area contributed by atoms with E-state index in [-0.39, 0.29) is 17.4 Å². The average Bonchev–Trinajstić information content (AvgIpc) is 3.06. The number of aliphatic hydroxyl groups excluding tert-OH is 1. The second kappa shape index (κ2) is 11.0. The molecule has 0 spiro atoms. The minimum Gasteiger partial charge on any atom is -0.507 e. The van der Waals surface area contributed by atoms with E-state index in [1.165, 1.54) is 0 Å². The molecule has 176 valence electrons. The zero-order valence-electron chi connectivity index (χ0n) is 19.8. The Morgan fingerprint density at radius 2 is 1.61 bits per heavy atom. The first-order valence-electron chi connectivity index (χ1n) is 11.7. The third-order valence-corrected chi connectivity index (χ3v) is 5.46. The monoisotopic (exact) mass is 451 g/mol. The molecule has 1 aliphatic rings. The molecule has 6 heteroatoms.